The maximum absolute atomic E-state index is 12.1. The number of hydrogen-bond acceptors (Lipinski definition) is 5. The summed E-state index contributed by atoms with van der Waals surface area (Å²) in [6, 6.07) is -0.144. The standard InChI is InChI=1S/C11H18N4OS/c1-9(12-7-10-8-17-14-13-10)11(16)15-5-3-2-4-6-15/h8-9,12H,2-7H2,1H3. The third-order valence-corrected chi connectivity index (χ3v) is 3.59. The van der Waals surface area contributed by atoms with Gasteiger partial charge in [-0.3, -0.25) is 4.79 Å². The van der Waals surface area contributed by atoms with Crippen LogP contribution in [0.4, 0.5) is 0 Å². The van der Waals surface area contributed by atoms with Crippen molar-refractivity contribution >= 4 is 17.4 Å². The Morgan fingerprint density at radius 1 is 1.53 bits per heavy atom. The number of carbonyl (C=O) groups is 1. The molecule has 1 aliphatic heterocycles. The van der Waals surface area contributed by atoms with Crippen molar-refractivity contribution in [2.24, 2.45) is 0 Å². The molecule has 0 aromatic carbocycles. The van der Waals surface area contributed by atoms with Gasteiger partial charge in [0, 0.05) is 25.0 Å². The molecule has 0 bridgehead atoms. The Balaban J connectivity index is 1.78. The van der Waals surface area contributed by atoms with Crippen molar-refractivity contribution in [1.82, 2.24) is 19.8 Å². The van der Waals surface area contributed by atoms with Crippen molar-refractivity contribution in [3.8, 4) is 0 Å². The fourth-order valence-electron chi connectivity index (χ4n) is 1.99. The second-order valence-corrected chi connectivity index (χ2v) is 4.99. The molecule has 17 heavy (non-hydrogen) atoms. The van der Waals surface area contributed by atoms with E-state index in [0.717, 1.165) is 31.6 Å². The zero-order valence-electron chi connectivity index (χ0n) is 10.1. The van der Waals surface area contributed by atoms with Gasteiger partial charge in [-0.25, -0.2) is 0 Å². The first-order chi connectivity index (χ1) is 8.27. The van der Waals surface area contributed by atoms with Crippen LogP contribution in [0, 0.1) is 0 Å². The number of rotatable bonds is 4. The van der Waals surface area contributed by atoms with Gasteiger partial charge >= 0.3 is 0 Å². The van der Waals surface area contributed by atoms with E-state index in [1.807, 2.05) is 17.2 Å². The largest absolute Gasteiger partial charge is 0.341 e. The van der Waals surface area contributed by atoms with Crippen molar-refractivity contribution in [3.63, 3.8) is 0 Å². The van der Waals surface area contributed by atoms with Crippen LogP contribution in [0.1, 0.15) is 31.9 Å². The minimum atomic E-state index is -0.144. The van der Waals surface area contributed by atoms with E-state index in [0.29, 0.717) is 6.54 Å². The lowest BCUT2D eigenvalue weighted by molar-refractivity contribution is -0.133. The minimum Gasteiger partial charge on any atom is -0.341 e. The van der Waals surface area contributed by atoms with Crippen LogP contribution in [0.2, 0.25) is 0 Å². The Hall–Kier alpha value is -1.01. The quantitative estimate of drug-likeness (QED) is 0.872. The number of carbonyl (C=O) groups excluding carboxylic acids is 1. The predicted molar refractivity (Wildman–Crippen MR) is 66.6 cm³/mol. The number of amides is 1. The van der Waals surface area contributed by atoms with Crippen molar-refractivity contribution in [2.45, 2.75) is 38.8 Å². The molecule has 2 rings (SSSR count). The first-order valence-corrected chi connectivity index (χ1v) is 6.89. The molecule has 1 amide bonds. The summed E-state index contributed by atoms with van der Waals surface area (Å²) < 4.78 is 3.79. The SMILES string of the molecule is CC(NCc1csnn1)C(=O)N1CCCCC1. The van der Waals surface area contributed by atoms with Crippen LogP contribution < -0.4 is 5.32 Å². The summed E-state index contributed by atoms with van der Waals surface area (Å²) in [5.74, 6) is 0.202. The topological polar surface area (TPSA) is 58.1 Å². The van der Waals surface area contributed by atoms with Gasteiger partial charge in [0.25, 0.3) is 0 Å². The second kappa shape index (κ2) is 6.07. The molecule has 0 radical (unpaired) electrons. The Kier molecular flexibility index (Phi) is 4.44. The lowest BCUT2D eigenvalue weighted by Crippen LogP contribution is -2.46. The van der Waals surface area contributed by atoms with Crippen LogP contribution in [0.15, 0.2) is 5.38 Å². The predicted octanol–water partition coefficient (Wildman–Crippen LogP) is 1.03. The van der Waals surface area contributed by atoms with Gasteiger partial charge in [0.1, 0.15) is 0 Å². The van der Waals surface area contributed by atoms with Gasteiger partial charge in [0.15, 0.2) is 0 Å². The van der Waals surface area contributed by atoms with Gasteiger partial charge < -0.3 is 10.2 Å². The first-order valence-electron chi connectivity index (χ1n) is 6.05. The number of nitrogens with one attached hydrogen (secondary N) is 1. The van der Waals surface area contributed by atoms with Crippen LogP contribution in [0.5, 0.6) is 0 Å². The van der Waals surface area contributed by atoms with Crippen LogP contribution >= 0.6 is 11.5 Å². The van der Waals surface area contributed by atoms with E-state index in [1.165, 1.54) is 18.0 Å². The minimum absolute atomic E-state index is 0.144. The van der Waals surface area contributed by atoms with Crippen molar-refractivity contribution in [2.75, 3.05) is 13.1 Å². The van der Waals surface area contributed by atoms with Gasteiger partial charge in [-0.15, -0.1) is 5.10 Å². The van der Waals surface area contributed by atoms with E-state index in [-0.39, 0.29) is 11.9 Å². The third-order valence-electron chi connectivity index (χ3n) is 3.03. The molecule has 1 N–H and O–H groups in total. The van der Waals surface area contributed by atoms with Crippen LogP contribution in [-0.2, 0) is 11.3 Å². The molecule has 0 saturated carbocycles. The lowest BCUT2D eigenvalue weighted by Gasteiger charge is -2.29. The van der Waals surface area contributed by atoms with E-state index >= 15 is 0 Å². The number of likely N-dealkylation sites (tertiary alicyclic amines) is 1. The summed E-state index contributed by atoms with van der Waals surface area (Å²) in [5.41, 5.74) is 0.897. The zero-order chi connectivity index (χ0) is 12.1. The molecule has 6 heteroatoms. The normalized spacial score (nSPS) is 18.1. The van der Waals surface area contributed by atoms with Crippen LogP contribution in [-0.4, -0.2) is 39.5 Å². The fourth-order valence-corrected chi connectivity index (χ4v) is 2.45. The third kappa shape index (κ3) is 3.47. The Bertz CT molecular complexity index is 348. The molecule has 0 aliphatic carbocycles. The van der Waals surface area contributed by atoms with Crippen molar-refractivity contribution in [3.05, 3.63) is 11.1 Å². The summed E-state index contributed by atoms with van der Waals surface area (Å²) in [5, 5.41) is 9.03. The maximum Gasteiger partial charge on any atom is 0.239 e. The summed E-state index contributed by atoms with van der Waals surface area (Å²) in [6.07, 6.45) is 3.51. The molecule has 0 spiro atoms. The van der Waals surface area contributed by atoms with Crippen LogP contribution in [0.25, 0.3) is 0 Å². The van der Waals surface area contributed by atoms with Crippen molar-refractivity contribution < 1.29 is 4.79 Å². The van der Waals surface area contributed by atoms with Gasteiger partial charge in [0.2, 0.25) is 5.91 Å². The highest BCUT2D eigenvalue weighted by Crippen LogP contribution is 2.10. The van der Waals surface area contributed by atoms with Gasteiger partial charge in [-0.2, -0.15) is 0 Å². The molecule has 1 saturated heterocycles. The average Bonchev–Trinajstić information content (AvgIpc) is 2.89. The fraction of sp³-hybridized carbons (Fsp3) is 0.727. The van der Waals surface area contributed by atoms with E-state index < -0.39 is 0 Å². The molecule has 94 valence electrons. The van der Waals surface area contributed by atoms with Crippen LogP contribution in [0.3, 0.4) is 0 Å². The summed E-state index contributed by atoms with van der Waals surface area (Å²) in [6.45, 7) is 4.33. The zero-order valence-corrected chi connectivity index (χ0v) is 10.9. The van der Waals surface area contributed by atoms with E-state index in [4.69, 9.17) is 0 Å². The molecule has 1 fully saturated rings. The highest BCUT2D eigenvalue weighted by atomic mass is 32.1. The summed E-state index contributed by atoms with van der Waals surface area (Å²) in [4.78, 5) is 14.0. The first kappa shape index (κ1) is 12.4. The number of hydrogen-bond donors (Lipinski definition) is 1. The smallest absolute Gasteiger partial charge is 0.239 e. The van der Waals surface area contributed by atoms with E-state index in [1.54, 1.807) is 0 Å². The Morgan fingerprint density at radius 3 is 2.94 bits per heavy atom. The summed E-state index contributed by atoms with van der Waals surface area (Å²) >= 11 is 1.33. The maximum atomic E-state index is 12.1. The highest BCUT2D eigenvalue weighted by Gasteiger charge is 2.21. The summed E-state index contributed by atoms with van der Waals surface area (Å²) in [7, 11) is 0. The molecular formula is C11H18N4OS. The Morgan fingerprint density at radius 2 is 2.29 bits per heavy atom. The number of nitrogens with zero attached hydrogens (tertiary/aromatic N) is 3. The van der Waals surface area contributed by atoms with Gasteiger partial charge in [0.05, 0.1) is 11.7 Å². The molecule has 1 aliphatic rings. The van der Waals surface area contributed by atoms with Gasteiger partial charge in [-0.1, -0.05) is 4.49 Å². The molecule has 1 aromatic heterocycles. The lowest BCUT2D eigenvalue weighted by atomic mass is 10.1. The van der Waals surface area contributed by atoms with E-state index in [2.05, 4.69) is 14.9 Å². The molecular weight excluding hydrogens is 236 g/mol. The number of piperidine rings is 1. The highest BCUT2D eigenvalue weighted by molar-refractivity contribution is 7.03. The number of aromatic nitrogens is 2. The van der Waals surface area contributed by atoms with Gasteiger partial charge in [-0.05, 0) is 37.7 Å². The molecule has 5 nitrogen and oxygen atoms in total. The monoisotopic (exact) mass is 254 g/mol. The van der Waals surface area contributed by atoms with Crippen molar-refractivity contribution in [1.29, 1.82) is 0 Å². The van der Waals surface area contributed by atoms with E-state index in [9.17, 15) is 4.79 Å². The molecule has 2 heterocycles. The molecule has 1 aromatic rings. The Labute approximate surface area is 105 Å². The second-order valence-electron chi connectivity index (χ2n) is 4.38. The average molecular weight is 254 g/mol. The molecule has 1 atom stereocenters. The molecule has 1 unspecified atom stereocenters.